The van der Waals surface area contributed by atoms with Gasteiger partial charge in [-0.1, -0.05) is 6.08 Å². The van der Waals surface area contributed by atoms with Crippen molar-refractivity contribution >= 4 is 0 Å². The third kappa shape index (κ3) is 3.89. The van der Waals surface area contributed by atoms with Crippen LogP contribution in [0.1, 0.15) is 6.42 Å². The molecule has 0 atom stereocenters. The molecule has 1 saturated heterocycles. The lowest BCUT2D eigenvalue weighted by Crippen LogP contribution is -2.46. The Balaban J connectivity index is 2.11. The van der Waals surface area contributed by atoms with Crippen LogP contribution in [0.3, 0.4) is 0 Å². The summed E-state index contributed by atoms with van der Waals surface area (Å²) in [6.45, 7) is 10.2. The molecule has 3 heteroatoms. The highest BCUT2D eigenvalue weighted by molar-refractivity contribution is 4.78. The molecule has 75 valence electrons. The average molecular weight is 183 g/mol. The van der Waals surface area contributed by atoms with Crippen molar-refractivity contribution in [1.82, 2.24) is 9.80 Å². The molecule has 0 bridgehead atoms. The monoisotopic (exact) mass is 183 g/mol. The van der Waals surface area contributed by atoms with Crippen molar-refractivity contribution in [2.24, 2.45) is 0 Å². The van der Waals surface area contributed by atoms with E-state index >= 15 is 0 Å². The molecule has 0 aliphatic carbocycles. The highest BCUT2D eigenvalue weighted by Crippen LogP contribution is 2.01. The topological polar surface area (TPSA) is 26.4 Å². The van der Waals surface area contributed by atoms with E-state index in [1.807, 2.05) is 6.08 Å². The minimum Gasteiger partial charge on any atom is -0.301 e. The number of hydrogen-bond acceptors (Lipinski definition) is 2. The molecular weight excluding hydrogens is 164 g/mol. The molecule has 1 aliphatic heterocycles. The van der Waals surface area contributed by atoms with E-state index in [0.717, 1.165) is 45.7 Å². The Hall–Kier alpha value is -0.380. The largest absolute Gasteiger partial charge is 0.301 e. The predicted molar refractivity (Wildman–Crippen MR) is 53.2 cm³/mol. The maximum Gasteiger partial charge on any atom is 0.0834 e. The van der Waals surface area contributed by atoms with E-state index in [4.69, 9.17) is 0 Å². The standard InChI is InChI=1S/C10H19N2O/c1-2-4-11-6-8-12(9-7-11)5-3-10-13/h2H,1,3-10H2. The van der Waals surface area contributed by atoms with Crippen LogP contribution in [0.25, 0.3) is 0 Å². The van der Waals surface area contributed by atoms with Gasteiger partial charge in [-0.15, -0.1) is 6.58 Å². The summed E-state index contributed by atoms with van der Waals surface area (Å²) in [6.07, 6.45) is 2.74. The van der Waals surface area contributed by atoms with Gasteiger partial charge in [-0.2, -0.15) is 0 Å². The lowest BCUT2D eigenvalue weighted by atomic mass is 10.3. The molecule has 13 heavy (non-hydrogen) atoms. The molecule has 1 rings (SSSR count). The van der Waals surface area contributed by atoms with Crippen LogP contribution in [-0.2, 0) is 5.11 Å². The van der Waals surface area contributed by atoms with Gasteiger partial charge < -0.3 is 4.90 Å². The molecule has 1 fully saturated rings. The van der Waals surface area contributed by atoms with E-state index in [2.05, 4.69) is 16.4 Å². The third-order valence-electron chi connectivity index (χ3n) is 2.47. The minimum atomic E-state index is 0.0624. The zero-order chi connectivity index (χ0) is 9.52. The van der Waals surface area contributed by atoms with Gasteiger partial charge in [0.25, 0.3) is 0 Å². The first kappa shape index (κ1) is 10.7. The van der Waals surface area contributed by atoms with Gasteiger partial charge in [0, 0.05) is 39.3 Å². The lowest BCUT2D eigenvalue weighted by molar-refractivity contribution is 0.121. The van der Waals surface area contributed by atoms with Gasteiger partial charge in [0.05, 0.1) is 6.61 Å². The van der Waals surface area contributed by atoms with Crippen LogP contribution >= 0.6 is 0 Å². The molecule has 0 N–H and O–H groups in total. The van der Waals surface area contributed by atoms with Crippen molar-refractivity contribution in [1.29, 1.82) is 0 Å². The highest BCUT2D eigenvalue weighted by Gasteiger charge is 2.14. The maximum atomic E-state index is 10.3. The van der Waals surface area contributed by atoms with Gasteiger partial charge in [0.2, 0.25) is 0 Å². The minimum absolute atomic E-state index is 0.0624. The molecule has 1 aliphatic rings. The van der Waals surface area contributed by atoms with E-state index < -0.39 is 0 Å². The van der Waals surface area contributed by atoms with Crippen molar-refractivity contribution in [2.75, 3.05) is 45.9 Å². The molecule has 0 aromatic carbocycles. The van der Waals surface area contributed by atoms with Gasteiger partial charge in [0.1, 0.15) is 0 Å². The van der Waals surface area contributed by atoms with Gasteiger partial charge in [-0.25, -0.2) is 5.11 Å². The smallest absolute Gasteiger partial charge is 0.0834 e. The van der Waals surface area contributed by atoms with Crippen LogP contribution in [0.15, 0.2) is 12.7 Å². The number of rotatable bonds is 5. The zero-order valence-corrected chi connectivity index (χ0v) is 8.24. The van der Waals surface area contributed by atoms with Crippen molar-refractivity contribution in [3.05, 3.63) is 12.7 Å². The molecule has 1 heterocycles. The Morgan fingerprint density at radius 3 is 2.31 bits per heavy atom. The number of hydrogen-bond donors (Lipinski definition) is 0. The first-order valence-corrected chi connectivity index (χ1v) is 5.00. The van der Waals surface area contributed by atoms with Crippen LogP contribution in [0, 0.1) is 0 Å². The molecule has 0 spiro atoms. The van der Waals surface area contributed by atoms with Crippen LogP contribution in [0.4, 0.5) is 0 Å². The van der Waals surface area contributed by atoms with Crippen LogP contribution < -0.4 is 0 Å². The molecule has 3 nitrogen and oxygen atoms in total. The Kier molecular flexibility index (Phi) is 5.05. The summed E-state index contributed by atoms with van der Waals surface area (Å²) in [5, 5.41) is 10.3. The Bertz CT molecular complexity index is 142. The highest BCUT2D eigenvalue weighted by atomic mass is 16.3. The van der Waals surface area contributed by atoms with Crippen LogP contribution in [0.2, 0.25) is 0 Å². The second kappa shape index (κ2) is 6.13. The lowest BCUT2D eigenvalue weighted by Gasteiger charge is -2.33. The summed E-state index contributed by atoms with van der Waals surface area (Å²) >= 11 is 0. The fourth-order valence-electron chi connectivity index (χ4n) is 1.67. The van der Waals surface area contributed by atoms with Crippen molar-refractivity contribution in [3.63, 3.8) is 0 Å². The Labute approximate surface area is 80.6 Å². The molecule has 0 unspecified atom stereocenters. The summed E-state index contributed by atoms with van der Waals surface area (Å²) in [5.74, 6) is 0. The molecular formula is C10H19N2O. The Morgan fingerprint density at radius 1 is 1.15 bits per heavy atom. The van der Waals surface area contributed by atoms with E-state index in [0.29, 0.717) is 0 Å². The fourth-order valence-corrected chi connectivity index (χ4v) is 1.67. The molecule has 0 saturated carbocycles. The number of piperazine rings is 1. The van der Waals surface area contributed by atoms with Crippen LogP contribution in [0.5, 0.6) is 0 Å². The average Bonchev–Trinajstić information content (AvgIpc) is 2.17. The molecule has 1 radical (unpaired) electrons. The van der Waals surface area contributed by atoms with Gasteiger partial charge >= 0.3 is 0 Å². The fraction of sp³-hybridized carbons (Fsp3) is 0.800. The van der Waals surface area contributed by atoms with Crippen LogP contribution in [-0.4, -0.2) is 55.7 Å². The summed E-state index contributed by atoms with van der Waals surface area (Å²) < 4.78 is 0. The van der Waals surface area contributed by atoms with Gasteiger partial charge in [-0.3, -0.25) is 4.90 Å². The first-order valence-electron chi connectivity index (χ1n) is 5.00. The first-order chi connectivity index (χ1) is 6.36. The van der Waals surface area contributed by atoms with Gasteiger partial charge in [0.15, 0.2) is 0 Å². The van der Waals surface area contributed by atoms with E-state index in [1.54, 1.807) is 0 Å². The summed E-state index contributed by atoms with van der Waals surface area (Å²) in [4.78, 5) is 4.76. The van der Waals surface area contributed by atoms with Gasteiger partial charge in [-0.05, 0) is 6.42 Å². The van der Waals surface area contributed by atoms with Crippen molar-refractivity contribution in [3.8, 4) is 0 Å². The maximum absolute atomic E-state index is 10.3. The van der Waals surface area contributed by atoms with E-state index in [9.17, 15) is 5.11 Å². The second-order valence-corrected chi connectivity index (χ2v) is 3.49. The predicted octanol–water partition coefficient (Wildman–Crippen LogP) is 0.611. The zero-order valence-electron chi connectivity index (χ0n) is 8.24. The van der Waals surface area contributed by atoms with Crippen molar-refractivity contribution in [2.45, 2.75) is 6.42 Å². The van der Waals surface area contributed by atoms with Crippen molar-refractivity contribution < 1.29 is 5.11 Å². The summed E-state index contributed by atoms with van der Waals surface area (Å²) in [7, 11) is 0. The SMILES string of the molecule is C=CCN1CCN(CCC[O])CC1. The normalized spacial score (nSPS) is 20.4. The summed E-state index contributed by atoms with van der Waals surface area (Å²) in [5.41, 5.74) is 0. The molecule has 0 aromatic heterocycles. The summed E-state index contributed by atoms with van der Waals surface area (Å²) in [6, 6.07) is 0. The Morgan fingerprint density at radius 2 is 1.77 bits per heavy atom. The van der Waals surface area contributed by atoms with E-state index in [1.165, 1.54) is 0 Å². The number of nitrogens with zero attached hydrogens (tertiary/aromatic N) is 2. The second-order valence-electron chi connectivity index (χ2n) is 3.49. The molecule has 0 amide bonds. The quantitative estimate of drug-likeness (QED) is 0.584. The molecule has 0 aromatic rings. The third-order valence-corrected chi connectivity index (χ3v) is 2.47. The van der Waals surface area contributed by atoms with E-state index in [-0.39, 0.29) is 6.61 Å².